The number of rotatable bonds is 6. The summed E-state index contributed by atoms with van der Waals surface area (Å²) >= 11 is 0. The number of aromatic nitrogens is 3. The van der Waals surface area contributed by atoms with Gasteiger partial charge < -0.3 is 4.74 Å². The van der Waals surface area contributed by atoms with Gasteiger partial charge >= 0.3 is 0 Å². The third-order valence-corrected chi connectivity index (χ3v) is 5.11. The van der Waals surface area contributed by atoms with Gasteiger partial charge in [0.05, 0.1) is 12.8 Å². The first-order valence-corrected chi connectivity index (χ1v) is 8.21. The zero-order valence-corrected chi connectivity index (χ0v) is 12.6. The zero-order chi connectivity index (χ0) is 13.8. The molecule has 4 nitrogen and oxygen atoms in total. The van der Waals surface area contributed by atoms with E-state index in [1.54, 1.807) is 7.11 Å². The van der Waals surface area contributed by atoms with E-state index >= 15 is 0 Å². The highest BCUT2D eigenvalue weighted by Crippen LogP contribution is 2.39. The summed E-state index contributed by atoms with van der Waals surface area (Å²) in [6.45, 7) is 1.60. The molecule has 1 heterocycles. The van der Waals surface area contributed by atoms with Gasteiger partial charge in [-0.1, -0.05) is 37.3 Å². The fraction of sp³-hybridized carbons (Fsp3) is 0.875. The van der Waals surface area contributed by atoms with E-state index in [1.807, 2.05) is 10.9 Å². The van der Waals surface area contributed by atoms with E-state index in [2.05, 4.69) is 10.3 Å². The van der Waals surface area contributed by atoms with E-state index in [0.29, 0.717) is 6.61 Å². The molecule has 2 saturated carbocycles. The van der Waals surface area contributed by atoms with Crippen LogP contribution in [0.15, 0.2) is 6.20 Å². The van der Waals surface area contributed by atoms with Crippen molar-refractivity contribution >= 4 is 0 Å². The molecule has 2 aliphatic carbocycles. The number of ether oxygens (including phenoxy) is 1. The van der Waals surface area contributed by atoms with Crippen LogP contribution in [0.1, 0.15) is 57.1 Å². The van der Waals surface area contributed by atoms with Crippen molar-refractivity contribution in [3.8, 4) is 0 Å². The number of hydrogen-bond donors (Lipinski definition) is 0. The Morgan fingerprint density at radius 2 is 1.95 bits per heavy atom. The Kier molecular flexibility index (Phi) is 4.71. The standard InChI is InChI=1S/C16H27N3O/c1-20-12-16-11-19(18-17-16)10-15-7-6-14(9-15)8-13-4-2-3-5-13/h11,13-15H,2-10,12H2,1H3. The Bertz CT molecular complexity index is 412. The molecule has 2 fully saturated rings. The molecule has 1 aromatic heterocycles. The lowest BCUT2D eigenvalue weighted by molar-refractivity contribution is 0.181. The van der Waals surface area contributed by atoms with Crippen LogP contribution in [0.3, 0.4) is 0 Å². The fourth-order valence-electron chi connectivity index (χ4n) is 4.18. The smallest absolute Gasteiger partial charge is 0.108 e. The van der Waals surface area contributed by atoms with Gasteiger partial charge in [-0.3, -0.25) is 4.68 Å². The van der Waals surface area contributed by atoms with Gasteiger partial charge in [-0.25, -0.2) is 0 Å². The summed E-state index contributed by atoms with van der Waals surface area (Å²) in [6.07, 6.45) is 13.7. The Labute approximate surface area is 121 Å². The van der Waals surface area contributed by atoms with Crippen LogP contribution in [0.25, 0.3) is 0 Å². The van der Waals surface area contributed by atoms with Crippen molar-refractivity contribution < 1.29 is 4.74 Å². The number of nitrogens with zero attached hydrogens (tertiary/aromatic N) is 3. The van der Waals surface area contributed by atoms with Crippen molar-refractivity contribution in [1.29, 1.82) is 0 Å². The van der Waals surface area contributed by atoms with Crippen LogP contribution in [0.5, 0.6) is 0 Å². The van der Waals surface area contributed by atoms with E-state index in [0.717, 1.165) is 30.0 Å². The second-order valence-corrected chi connectivity index (χ2v) is 6.80. The summed E-state index contributed by atoms with van der Waals surface area (Å²) < 4.78 is 7.10. The molecule has 0 N–H and O–H groups in total. The Morgan fingerprint density at radius 3 is 2.75 bits per heavy atom. The van der Waals surface area contributed by atoms with Gasteiger partial charge in [-0.05, 0) is 37.0 Å². The van der Waals surface area contributed by atoms with Gasteiger partial charge in [-0.15, -0.1) is 5.10 Å². The lowest BCUT2D eigenvalue weighted by Crippen LogP contribution is -2.09. The summed E-state index contributed by atoms with van der Waals surface area (Å²) in [5, 5.41) is 8.35. The summed E-state index contributed by atoms with van der Waals surface area (Å²) in [4.78, 5) is 0. The summed E-state index contributed by atoms with van der Waals surface area (Å²) in [5.41, 5.74) is 0.938. The molecule has 0 saturated heterocycles. The molecular formula is C16H27N3O. The first-order chi connectivity index (χ1) is 9.83. The Hall–Kier alpha value is -0.900. The third kappa shape index (κ3) is 3.60. The lowest BCUT2D eigenvalue weighted by Gasteiger charge is -2.15. The van der Waals surface area contributed by atoms with Crippen LogP contribution in [-0.2, 0) is 17.9 Å². The molecule has 1 aromatic rings. The normalized spacial score (nSPS) is 27.4. The quantitative estimate of drug-likeness (QED) is 0.800. The highest BCUT2D eigenvalue weighted by molar-refractivity contribution is 4.90. The lowest BCUT2D eigenvalue weighted by atomic mass is 9.91. The molecule has 0 aliphatic heterocycles. The SMILES string of the molecule is COCc1cn(CC2CCC(CC3CCCC3)C2)nn1. The fourth-order valence-corrected chi connectivity index (χ4v) is 4.18. The molecule has 0 spiro atoms. The van der Waals surface area contributed by atoms with Crippen LogP contribution in [0.2, 0.25) is 0 Å². The Balaban J connectivity index is 1.44. The topological polar surface area (TPSA) is 39.9 Å². The van der Waals surface area contributed by atoms with Crippen molar-refractivity contribution in [3.05, 3.63) is 11.9 Å². The van der Waals surface area contributed by atoms with Crippen LogP contribution >= 0.6 is 0 Å². The molecule has 0 aromatic carbocycles. The molecule has 2 atom stereocenters. The molecule has 2 unspecified atom stereocenters. The molecule has 4 heteroatoms. The maximum Gasteiger partial charge on any atom is 0.108 e. The third-order valence-electron chi connectivity index (χ3n) is 5.11. The number of methoxy groups -OCH3 is 1. The van der Waals surface area contributed by atoms with Gasteiger partial charge in [-0.2, -0.15) is 0 Å². The molecule has 112 valence electrons. The van der Waals surface area contributed by atoms with Gasteiger partial charge in [0, 0.05) is 13.7 Å². The van der Waals surface area contributed by atoms with Crippen LogP contribution in [-0.4, -0.2) is 22.1 Å². The summed E-state index contributed by atoms with van der Waals surface area (Å²) in [6, 6.07) is 0. The highest BCUT2D eigenvalue weighted by Gasteiger charge is 2.28. The highest BCUT2D eigenvalue weighted by atomic mass is 16.5. The Morgan fingerprint density at radius 1 is 1.15 bits per heavy atom. The second-order valence-electron chi connectivity index (χ2n) is 6.80. The van der Waals surface area contributed by atoms with Crippen molar-refractivity contribution in [2.45, 2.75) is 64.5 Å². The molecule has 3 rings (SSSR count). The molecule has 20 heavy (non-hydrogen) atoms. The van der Waals surface area contributed by atoms with Crippen LogP contribution in [0, 0.1) is 17.8 Å². The van der Waals surface area contributed by atoms with Crippen LogP contribution < -0.4 is 0 Å². The largest absolute Gasteiger partial charge is 0.378 e. The van der Waals surface area contributed by atoms with Crippen LogP contribution in [0.4, 0.5) is 0 Å². The monoisotopic (exact) mass is 277 g/mol. The van der Waals surface area contributed by atoms with E-state index in [1.165, 1.54) is 51.4 Å². The molecule has 0 amide bonds. The minimum atomic E-state index is 0.564. The van der Waals surface area contributed by atoms with Crippen molar-refractivity contribution in [1.82, 2.24) is 15.0 Å². The maximum atomic E-state index is 5.09. The van der Waals surface area contributed by atoms with Gasteiger partial charge in [0.15, 0.2) is 0 Å². The molecule has 0 radical (unpaired) electrons. The molecule has 0 bridgehead atoms. The molecule has 2 aliphatic rings. The maximum absolute atomic E-state index is 5.09. The molecular weight excluding hydrogens is 250 g/mol. The van der Waals surface area contributed by atoms with E-state index in [9.17, 15) is 0 Å². The average molecular weight is 277 g/mol. The van der Waals surface area contributed by atoms with Crippen molar-refractivity contribution in [3.63, 3.8) is 0 Å². The zero-order valence-electron chi connectivity index (χ0n) is 12.6. The van der Waals surface area contributed by atoms with Gasteiger partial charge in [0.1, 0.15) is 5.69 Å². The van der Waals surface area contributed by atoms with E-state index in [4.69, 9.17) is 4.74 Å². The van der Waals surface area contributed by atoms with Crippen molar-refractivity contribution in [2.75, 3.05) is 7.11 Å². The van der Waals surface area contributed by atoms with Crippen molar-refractivity contribution in [2.24, 2.45) is 17.8 Å². The summed E-state index contributed by atoms with van der Waals surface area (Å²) in [7, 11) is 1.70. The summed E-state index contributed by atoms with van der Waals surface area (Å²) in [5.74, 6) is 2.82. The minimum absolute atomic E-state index is 0.564. The second kappa shape index (κ2) is 6.70. The average Bonchev–Trinajstić information content (AvgIpc) is 3.15. The predicted molar refractivity (Wildman–Crippen MR) is 78.1 cm³/mol. The van der Waals surface area contributed by atoms with Gasteiger partial charge in [0.2, 0.25) is 0 Å². The van der Waals surface area contributed by atoms with Gasteiger partial charge in [0.25, 0.3) is 0 Å². The number of hydrogen-bond acceptors (Lipinski definition) is 3. The minimum Gasteiger partial charge on any atom is -0.378 e. The van der Waals surface area contributed by atoms with E-state index in [-0.39, 0.29) is 0 Å². The van der Waals surface area contributed by atoms with E-state index < -0.39 is 0 Å². The predicted octanol–water partition coefficient (Wildman–Crippen LogP) is 3.42. The first kappa shape index (κ1) is 14.1. The first-order valence-electron chi connectivity index (χ1n) is 8.21.